The first kappa shape index (κ1) is 30.7. The highest BCUT2D eigenvalue weighted by atomic mass is 79.9. The molecule has 0 saturated heterocycles. The van der Waals surface area contributed by atoms with E-state index in [2.05, 4.69) is 203 Å². The van der Waals surface area contributed by atoms with Crippen LogP contribution in [0.2, 0.25) is 0 Å². The second-order valence-corrected chi connectivity index (χ2v) is 16.4. The standard InChI is InChI=1S/C53H31BrN2/c54-32-27-25-31(26-28-32)49(47-29-45-50(55-47)37-17-5-11-23-43(37)52(45)39-19-7-1-13-33(39)34-14-2-8-20-40(34)52)48-30-46-51(56-48)38-18-6-12-24-44(38)53(46)41-21-9-3-15-35(41)36-16-4-10-22-42(36)53/h1-30,55H/b49-48+. The third kappa shape index (κ3) is 3.57. The van der Waals surface area contributed by atoms with Crippen LogP contribution in [0.3, 0.4) is 0 Å². The van der Waals surface area contributed by atoms with Gasteiger partial charge in [-0.15, -0.1) is 0 Å². The SMILES string of the molecule is Brc1ccc(/C(=C2/C=C3C(=N2)c2ccccc2C32c3ccccc3-c3ccccc32)c2cc3c([nH]2)-c2ccccc2C32c3ccccc3-c3ccccc32)cc1. The summed E-state index contributed by atoms with van der Waals surface area (Å²) in [6.07, 6.45) is 2.40. The predicted molar refractivity (Wildman–Crippen MR) is 230 cm³/mol. The van der Waals surface area contributed by atoms with E-state index in [1.807, 2.05) is 0 Å². The fourth-order valence-corrected chi connectivity index (χ4v) is 11.4. The maximum atomic E-state index is 5.69. The van der Waals surface area contributed by atoms with Crippen molar-refractivity contribution in [2.24, 2.45) is 4.99 Å². The minimum Gasteiger partial charge on any atom is -0.354 e. The normalized spacial score (nSPS) is 17.0. The predicted octanol–water partition coefficient (Wildman–Crippen LogP) is 12.6. The Balaban J connectivity index is 1.11. The van der Waals surface area contributed by atoms with Crippen molar-refractivity contribution >= 4 is 27.2 Å². The number of aromatic nitrogens is 1. The Bertz CT molecular complexity index is 3060. The Morgan fingerprint density at radius 1 is 0.446 bits per heavy atom. The first-order valence-corrected chi connectivity index (χ1v) is 20.1. The molecule has 0 fully saturated rings. The lowest BCUT2D eigenvalue weighted by Gasteiger charge is -2.30. The zero-order valence-electron chi connectivity index (χ0n) is 30.1. The molecule has 3 heteroatoms. The first-order chi connectivity index (χ1) is 27.7. The molecule has 56 heavy (non-hydrogen) atoms. The highest BCUT2D eigenvalue weighted by Gasteiger charge is 2.56. The molecule has 0 radical (unpaired) electrons. The molecule has 0 bridgehead atoms. The van der Waals surface area contributed by atoms with Crippen molar-refractivity contribution in [3.8, 4) is 33.5 Å². The van der Waals surface area contributed by atoms with Crippen LogP contribution in [0.1, 0.15) is 55.8 Å². The minimum atomic E-state index is -0.451. The fraction of sp³-hybridized carbons (Fsp3) is 0.0377. The van der Waals surface area contributed by atoms with Crippen molar-refractivity contribution < 1.29 is 0 Å². The van der Waals surface area contributed by atoms with E-state index in [4.69, 9.17) is 4.99 Å². The fourth-order valence-electron chi connectivity index (χ4n) is 11.2. The maximum absolute atomic E-state index is 5.69. The Labute approximate surface area is 333 Å². The van der Waals surface area contributed by atoms with E-state index in [0.717, 1.165) is 32.7 Å². The molecular formula is C53H31BrN2. The van der Waals surface area contributed by atoms with E-state index in [-0.39, 0.29) is 0 Å². The molecule has 1 N–H and O–H groups in total. The summed E-state index contributed by atoms with van der Waals surface area (Å²) in [6.45, 7) is 0. The molecule has 2 nitrogen and oxygen atoms in total. The van der Waals surface area contributed by atoms with E-state index in [1.54, 1.807) is 0 Å². The number of aromatic amines is 1. The van der Waals surface area contributed by atoms with Crippen molar-refractivity contribution in [1.29, 1.82) is 0 Å². The van der Waals surface area contributed by atoms with Crippen LogP contribution in [0.4, 0.5) is 0 Å². The zero-order valence-corrected chi connectivity index (χ0v) is 31.7. The summed E-state index contributed by atoms with van der Waals surface area (Å²) in [6, 6.07) is 65.0. The zero-order chi connectivity index (χ0) is 36.8. The van der Waals surface area contributed by atoms with Gasteiger partial charge in [-0.2, -0.15) is 0 Å². The second-order valence-electron chi connectivity index (χ2n) is 15.5. The Morgan fingerprint density at radius 3 is 1.41 bits per heavy atom. The van der Waals surface area contributed by atoms with Crippen molar-refractivity contribution in [1.82, 2.24) is 4.98 Å². The van der Waals surface area contributed by atoms with Crippen LogP contribution in [0, 0.1) is 0 Å². The number of nitrogens with zero attached hydrogens (tertiary/aromatic N) is 1. The van der Waals surface area contributed by atoms with Crippen molar-refractivity contribution in [3.05, 3.63) is 254 Å². The molecule has 0 saturated carbocycles. The van der Waals surface area contributed by atoms with Gasteiger partial charge in [0.2, 0.25) is 0 Å². The third-order valence-corrected chi connectivity index (χ3v) is 13.7. The summed E-state index contributed by atoms with van der Waals surface area (Å²) in [4.78, 5) is 9.75. The summed E-state index contributed by atoms with van der Waals surface area (Å²) in [5.74, 6) is 0. The largest absolute Gasteiger partial charge is 0.354 e. The highest BCUT2D eigenvalue weighted by Crippen LogP contribution is 2.64. The molecule has 2 spiro atoms. The van der Waals surface area contributed by atoms with Crippen molar-refractivity contribution in [2.45, 2.75) is 10.8 Å². The Morgan fingerprint density at radius 2 is 0.875 bits per heavy atom. The van der Waals surface area contributed by atoms with Gasteiger partial charge in [-0.1, -0.05) is 174 Å². The van der Waals surface area contributed by atoms with Crippen LogP contribution in [-0.4, -0.2) is 10.7 Å². The number of allylic oxidation sites excluding steroid dienone is 2. The van der Waals surface area contributed by atoms with Gasteiger partial charge in [-0.25, -0.2) is 4.99 Å². The van der Waals surface area contributed by atoms with E-state index in [9.17, 15) is 0 Å². The molecule has 5 aliphatic rings. The molecule has 0 amide bonds. The number of H-pyrrole nitrogens is 1. The van der Waals surface area contributed by atoms with Gasteiger partial charge in [0.1, 0.15) is 0 Å². The molecule has 7 aromatic carbocycles. The second kappa shape index (κ2) is 10.8. The number of benzene rings is 7. The van der Waals surface area contributed by atoms with Crippen LogP contribution >= 0.6 is 15.9 Å². The van der Waals surface area contributed by atoms with Crippen LogP contribution in [-0.2, 0) is 10.8 Å². The number of hydrogen-bond donors (Lipinski definition) is 1. The van der Waals surface area contributed by atoms with Crippen molar-refractivity contribution in [3.63, 3.8) is 0 Å². The lowest BCUT2D eigenvalue weighted by Crippen LogP contribution is -2.26. The number of aliphatic imine (C=N–C) groups is 1. The van der Waals surface area contributed by atoms with Crippen LogP contribution in [0.5, 0.6) is 0 Å². The minimum absolute atomic E-state index is 0.430. The van der Waals surface area contributed by atoms with E-state index in [0.29, 0.717) is 0 Å². The van der Waals surface area contributed by atoms with Crippen LogP contribution < -0.4 is 0 Å². The third-order valence-electron chi connectivity index (χ3n) is 13.1. The van der Waals surface area contributed by atoms with E-state index < -0.39 is 10.8 Å². The number of halogens is 1. The number of hydrogen-bond acceptors (Lipinski definition) is 1. The van der Waals surface area contributed by atoms with Gasteiger partial charge in [-0.3, -0.25) is 0 Å². The van der Waals surface area contributed by atoms with Crippen LogP contribution in [0.15, 0.2) is 203 Å². The molecule has 260 valence electrons. The topological polar surface area (TPSA) is 28.1 Å². The lowest BCUT2D eigenvalue weighted by molar-refractivity contribution is 0.795. The molecule has 2 heterocycles. The monoisotopic (exact) mass is 774 g/mol. The smallest absolute Gasteiger partial charge is 0.0761 e. The summed E-state index contributed by atoms with van der Waals surface area (Å²) in [5.41, 5.74) is 23.8. The average molecular weight is 776 g/mol. The maximum Gasteiger partial charge on any atom is 0.0761 e. The molecule has 0 unspecified atom stereocenters. The van der Waals surface area contributed by atoms with Gasteiger partial charge < -0.3 is 4.98 Å². The molecule has 4 aliphatic carbocycles. The van der Waals surface area contributed by atoms with E-state index in [1.165, 1.54) is 83.6 Å². The highest BCUT2D eigenvalue weighted by molar-refractivity contribution is 9.10. The van der Waals surface area contributed by atoms with Gasteiger partial charge in [0, 0.05) is 32.4 Å². The average Bonchev–Trinajstić information content (AvgIpc) is 4.08. The van der Waals surface area contributed by atoms with Gasteiger partial charge in [0.05, 0.1) is 27.9 Å². The lowest BCUT2D eigenvalue weighted by atomic mass is 9.70. The quantitative estimate of drug-likeness (QED) is 0.181. The molecule has 1 aromatic heterocycles. The Hall–Kier alpha value is -6.55. The molecule has 13 rings (SSSR count). The van der Waals surface area contributed by atoms with Crippen molar-refractivity contribution in [2.75, 3.05) is 0 Å². The van der Waals surface area contributed by atoms with Gasteiger partial charge in [0.15, 0.2) is 0 Å². The number of rotatable bonds is 2. The first-order valence-electron chi connectivity index (χ1n) is 19.3. The summed E-state index contributed by atoms with van der Waals surface area (Å²) < 4.78 is 1.05. The van der Waals surface area contributed by atoms with Gasteiger partial charge in [-0.05, 0) is 91.0 Å². The van der Waals surface area contributed by atoms with Gasteiger partial charge >= 0.3 is 0 Å². The van der Waals surface area contributed by atoms with Crippen LogP contribution in [0.25, 0.3) is 39.1 Å². The number of fused-ring (bicyclic) bond motifs is 20. The summed E-state index contributed by atoms with van der Waals surface area (Å²) >= 11 is 3.73. The summed E-state index contributed by atoms with van der Waals surface area (Å²) in [5, 5.41) is 0. The molecule has 8 aromatic rings. The molecule has 0 atom stereocenters. The Kier molecular flexibility index (Phi) is 5.93. The summed E-state index contributed by atoms with van der Waals surface area (Å²) in [7, 11) is 0. The molecule has 1 aliphatic heterocycles. The van der Waals surface area contributed by atoms with Gasteiger partial charge in [0.25, 0.3) is 0 Å². The van der Waals surface area contributed by atoms with E-state index >= 15 is 0 Å². The molecular weight excluding hydrogens is 745 g/mol. The number of nitrogens with one attached hydrogen (secondary N) is 1.